The van der Waals surface area contributed by atoms with Gasteiger partial charge >= 0.3 is 5.97 Å². The number of furan rings is 1. The average molecular weight is 622 g/mol. The lowest BCUT2D eigenvalue weighted by atomic mass is 9.90. The maximum atomic E-state index is 14.3. The van der Waals surface area contributed by atoms with E-state index in [1.54, 1.807) is 46.9 Å². The quantitative estimate of drug-likeness (QED) is 0.254. The predicted molar refractivity (Wildman–Crippen MR) is 173 cm³/mol. The number of carbonyl (C=O) groups excluding carboxylic acids is 1. The fraction of sp³-hybridized carbons (Fsp3) is 0.200. The predicted octanol–water partition coefficient (Wildman–Crippen LogP) is 5.22. The first-order valence-electron chi connectivity index (χ1n) is 14.6. The molecule has 0 bridgehead atoms. The van der Waals surface area contributed by atoms with Gasteiger partial charge in [0, 0.05) is 30.3 Å². The number of aromatic nitrogens is 1. The fourth-order valence-corrected chi connectivity index (χ4v) is 6.80. The molecule has 1 N–H and O–H groups in total. The molecule has 228 valence electrons. The van der Waals surface area contributed by atoms with Crippen molar-refractivity contribution in [2.75, 3.05) is 20.2 Å². The maximum Gasteiger partial charge on any atom is 0.335 e. The third-order valence-electron chi connectivity index (χ3n) is 8.04. The number of aromatic carboxylic acids is 1. The highest BCUT2D eigenvalue weighted by Crippen LogP contribution is 2.40. The largest absolute Gasteiger partial charge is 0.496 e. The van der Waals surface area contributed by atoms with E-state index in [-0.39, 0.29) is 17.0 Å². The molecule has 5 aromatic rings. The van der Waals surface area contributed by atoms with Crippen LogP contribution in [0.4, 0.5) is 0 Å². The molecule has 3 heterocycles. The summed E-state index contributed by atoms with van der Waals surface area (Å²) in [6.07, 6.45) is 1.67. The second-order valence-electron chi connectivity index (χ2n) is 10.5. The van der Waals surface area contributed by atoms with E-state index in [4.69, 9.17) is 14.1 Å². The smallest absolute Gasteiger partial charge is 0.335 e. The van der Waals surface area contributed by atoms with Gasteiger partial charge in [-0.1, -0.05) is 53.8 Å². The fourth-order valence-electron chi connectivity index (χ4n) is 5.78. The Morgan fingerprint density at radius 3 is 2.47 bits per heavy atom. The number of methoxy groups -OCH3 is 1. The van der Waals surface area contributed by atoms with E-state index in [0.717, 1.165) is 16.3 Å². The number of benzene rings is 3. The van der Waals surface area contributed by atoms with Crippen LogP contribution in [0.5, 0.6) is 5.75 Å². The van der Waals surface area contributed by atoms with Gasteiger partial charge in [0.25, 0.3) is 11.5 Å². The molecule has 3 aromatic carbocycles. The van der Waals surface area contributed by atoms with E-state index in [2.05, 4.69) is 0 Å². The second-order valence-corrected chi connectivity index (χ2v) is 11.6. The zero-order chi connectivity index (χ0) is 31.8. The van der Waals surface area contributed by atoms with Crippen molar-refractivity contribution in [1.82, 2.24) is 9.47 Å². The Morgan fingerprint density at radius 2 is 1.78 bits per heavy atom. The van der Waals surface area contributed by atoms with E-state index < -0.39 is 12.0 Å². The van der Waals surface area contributed by atoms with Crippen LogP contribution in [-0.4, -0.2) is 46.6 Å². The van der Waals surface area contributed by atoms with Gasteiger partial charge in [-0.25, -0.2) is 9.79 Å². The molecule has 1 aliphatic rings. The summed E-state index contributed by atoms with van der Waals surface area (Å²) in [5.74, 6) is 0.366. The Morgan fingerprint density at radius 1 is 1.04 bits per heavy atom. The number of nitrogens with zero attached hydrogens (tertiary/aromatic N) is 3. The summed E-state index contributed by atoms with van der Waals surface area (Å²) in [5, 5.41) is 11.0. The second kappa shape index (κ2) is 12.0. The van der Waals surface area contributed by atoms with Crippen molar-refractivity contribution in [3.63, 3.8) is 0 Å². The topological polar surface area (TPSA) is 114 Å². The molecule has 1 aliphatic heterocycles. The normalized spacial score (nSPS) is 14.8. The van der Waals surface area contributed by atoms with Crippen molar-refractivity contribution in [1.29, 1.82) is 0 Å². The van der Waals surface area contributed by atoms with Gasteiger partial charge in [-0.3, -0.25) is 14.2 Å². The molecule has 1 amide bonds. The zero-order valence-corrected chi connectivity index (χ0v) is 26.1. The standard InChI is InChI=1S/C35H31N3O6S/c1-5-37(6-2)33(40)29-20(3)36-35-38(31(29)30-25-10-8-7-9-21(25)15-17-27(30)43-4)32(39)28(45-35)19-24-16-18-26(44-24)22-11-13-23(14-12-22)34(41)42/h7-19,31H,5-6H2,1-4H3,(H,41,42)/b28-19+/t31-/m1/s1. The van der Waals surface area contributed by atoms with Crippen molar-refractivity contribution < 1.29 is 23.8 Å². The van der Waals surface area contributed by atoms with Gasteiger partial charge < -0.3 is 19.2 Å². The highest BCUT2D eigenvalue weighted by molar-refractivity contribution is 7.07. The first kappa shape index (κ1) is 29.8. The molecule has 0 radical (unpaired) electrons. The van der Waals surface area contributed by atoms with Gasteiger partial charge in [0.05, 0.1) is 28.5 Å². The molecule has 6 rings (SSSR count). The number of carboxylic acids is 1. The van der Waals surface area contributed by atoms with Gasteiger partial charge in [-0.15, -0.1) is 0 Å². The van der Waals surface area contributed by atoms with Crippen molar-refractivity contribution >= 4 is 40.1 Å². The highest BCUT2D eigenvalue weighted by atomic mass is 32.1. The van der Waals surface area contributed by atoms with Gasteiger partial charge in [-0.2, -0.15) is 0 Å². The number of hydrogen-bond donors (Lipinski definition) is 1. The number of carboxylic acid groups (broad SMARTS) is 1. The summed E-state index contributed by atoms with van der Waals surface area (Å²) in [4.78, 5) is 46.6. The number of ether oxygens (including phenoxy) is 1. The third-order valence-corrected chi connectivity index (χ3v) is 9.03. The number of fused-ring (bicyclic) bond motifs is 2. The molecule has 0 saturated heterocycles. The van der Waals surface area contributed by atoms with Crippen LogP contribution in [0.15, 0.2) is 98.3 Å². The summed E-state index contributed by atoms with van der Waals surface area (Å²) in [7, 11) is 1.59. The van der Waals surface area contributed by atoms with Gasteiger partial charge in [0.15, 0.2) is 4.80 Å². The molecule has 2 aromatic heterocycles. The first-order chi connectivity index (χ1) is 21.7. The van der Waals surface area contributed by atoms with Gasteiger partial charge in [-0.05, 0) is 61.9 Å². The van der Waals surface area contributed by atoms with Crippen LogP contribution in [0.2, 0.25) is 0 Å². The Balaban J connectivity index is 1.54. The summed E-state index contributed by atoms with van der Waals surface area (Å²) < 4.78 is 13.9. The van der Waals surface area contributed by atoms with Crippen molar-refractivity contribution in [2.24, 2.45) is 4.99 Å². The van der Waals surface area contributed by atoms with E-state index in [1.165, 1.54) is 23.5 Å². The number of likely N-dealkylation sites (N-methyl/N-ethyl adjacent to an activating group) is 1. The van der Waals surface area contributed by atoms with Crippen LogP contribution in [0.3, 0.4) is 0 Å². The minimum Gasteiger partial charge on any atom is -0.496 e. The number of rotatable bonds is 8. The van der Waals surface area contributed by atoms with Crippen LogP contribution in [0.25, 0.3) is 28.2 Å². The number of amides is 1. The lowest BCUT2D eigenvalue weighted by Crippen LogP contribution is -2.43. The Kier molecular flexibility index (Phi) is 7.99. The van der Waals surface area contributed by atoms with Crippen molar-refractivity contribution in [2.45, 2.75) is 26.8 Å². The molecular formula is C35H31N3O6S. The highest BCUT2D eigenvalue weighted by Gasteiger charge is 2.36. The van der Waals surface area contributed by atoms with Crippen LogP contribution >= 0.6 is 11.3 Å². The van der Waals surface area contributed by atoms with E-state index in [9.17, 15) is 19.5 Å². The number of allylic oxidation sites excluding steroid dienone is 1. The lowest BCUT2D eigenvalue weighted by Gasteiger charge is -2.30. The molecule has 0 spiro atoms. The first-order valence-corrected chi connectivity index (χ1v) is 15.4. The molecule has 9 nitrogen and oxygen atoms in total. The van der Waals surface area contributed by atoms with Gasteiger partial charge in [0.1, 0.15) is 23.3 Å². The third kappa shape index (κ3) is 5.27. The number of thiazole rings is 1. The molecular weight excluding hydrogens is 590 g/mol. The van der Waals surface area contributed by atoms with Gasteiger partial charge in [0.2, 0.25) is 0 Å². The van der Waals surface area contributed by atoms with Crippen molar-refractivity contribution in [3.05, 3.63) is 121 Å². The van der Waals surface area contributed by atoms with Crippen LogP contribution < -0.4 is 19.6 Å². The van der Waals surface area contributed by atoms with E-state index in [1.807, 2.05) is 57.2 Å². The molecule has 0 unspecified atom stereocenters. The summed E-state index contributed by atoms with van der Waals surface area (Å²) in [6, 6.07) is 20.8. The minimum absolute atomic E-state index is 0.179. The Hall–Kier alpha value is -5.22. The monoisotopic (exact) mass is 621 g/mol. The lowest BCUT2D eigenvalue weighted by molar-refractivity contribution is -0.127. The zero-order valence-electron chi connectivity index (χ0n) is 25.2. The van der Waals surface area contributed by atoms with E-state index >= 15 is 0 Å². The molecule has 0 saturated carbocycles. The van der Waals surface area contributed by atoms with Crippen LogP contribution in [-0.2, 0) is 4.79 Å². The summed E-state index contributed by atoms with van der Waals surface area (Å²) in [5.41, 5.74) is 2.28. The van der Waals surface area contributed by atoms with Crippen LogP contribution in [0.1, 0.15) is 48.5 Å². The molecule has 0 aliphatic carbocycles. The molecule has 1 atom stereocenters. The number of hydrogen-bond acceptors (Lipinski definition) is 7. The minimum atomic E-state index is -1.01. The SMILES string of the molecule is CCN(CC)C(=O)C1=C(C)N=c2s/c(=C/c3ccc(-c4ccc(C(=O)O)cc4)o3)c(=O)n2[C@H]1c1c(OC)ccc2ccccc12. The number of carbonyl (C=O) groups is 2. The molecule has 45 heavy (non-hydrogen) atoms. The summed E-state index contributed by atoms with van der Waals surface area (Å²) >= 11 is 1.22. The average Bonchev–Trinajstić information content (AvgIpc) is 3.64. The molecule has 10 heteroatoms. The molecule has 0 fully saturated rings. The van der Waals surface area contributed by atoms with E-state index in [0.29, 0.717) is 56.5 Å². The van der Waals surface area contributed by atoms with Crippen molar-refractivity contribution in [3.8, 4) is 17.1 Å². The summed E-state index contributed by atoms with van der Waals surface area (Å²) in [6.45, 7) is 6.69. The Bertz CT molecular complexity index is 2170. The Labute approximate surface area is 262 Å². The van der Waals surface area contributed by atoms with Crippen LogP contribution in [0, 0.1) is 0 Å². The maximum absolute atomic E-state index is 14.3.